The maximum absolute atomic E-state index is 13.1. The van der Waals surface area contributed by atoms with Crippen LogP contribution < -0.4 is 16.4 Å². The van der Waals surface area contributed by atoms with Crippen LogP contribution in [0.15, 0.2) is 48.5 Å². The van der Waals surface area contributed by atoms with E-state index in [1.807, 2.05) is 0 Å². The zero-order valence-electron chi connectivity index (χ0n) is 17.5. The van der Waals surface area contributed by atoms with Gasteiger partial charge in [0.2, 0.25) is 11.8 Å². The summed E-state index contributed by atoms with van der Waals surface area (Å²) in [4.78, 5) is 48.7. The van der Waals surface area contributed by atoms with Crippen LogP contribution in [0.25, 0.3) is 0 Å². The van der Waals surface area contributed by atoms with Crippen LogP contribution in [0, 0.1) is 0 Å². The molecule has 0 aromatic heterocycles. The maximum Gasteiger partial charge on any atom is 0.305 e. The van der Waals surface area contributed by atoms with Gasteiger partial charge < -0.3 is 21.1 Å². The van der Waals surface area contributed by atoms with Crippen LogP contribution in [0.1, 0.15) is 35.2 Å². The van der Waals surface area contributed by atoms with Crippen LogP contribution >= 0.6 is 25.0 Å². The molecule has 10 heteroatoms. The highest BCUT2D eigenvalue weighted by molar-refractivity contribution is 7.80. The first-order valence-corrected chi connectivity index (χ1v) is 10.3. The van der Waals surface area contributed by atoms with Gasteiger partial charge in [-0.3, -0.25) is 19.2 Å². The Morgan fingerprint density at radius 2 is 1.72 bits per heavy atom. The number of benzene rings is 2. The number of thiol groups is 1. The standard InChI is InChI=1S/C22H25N3O5S.ClH/c1-30-20(27)9-5-8-19(26)25-18-11-10-15(24-22(29)17(23)13-31)12-16(18)21(28)14-6-3-2-4-7-14;/h2-4,6-7,10-12,17,31H,5,8-9,13,23H2,1H3,(H,24,29)(H,25,26);1H/t17-;/m0./s1. The van der Waals surface area contributed by atoms with E-state index in [1.165, 1.54) is 19.2 Å². The van der Waals surface area contributed by atoms with Crippen LogP contribution in [0.5, 0.6) is 0 Å². The van der Waals surface area contributed by atoms with E-state index >= 15 is 0 Å². The molecule has 2 amide bonds. The van der Waals surface area contributed by atoms with Gasteiger partial charge in [-0.05, 0) is 24.6 Å². The van der Waals surface area contributed by atoms with Crippen LogP contribution in [0.4, 0.5) is 11.4 Å². The van der Waals surface area contributed by atoms with E-state index < -0.39 is 17.9 Å². The minimum absolute atomic E-state index is 0. The summed E-state index contributed by atoms with van der Waals surface area (Å²) in [5.74, 6) is -1.33. The number of nitrogens with two attached hydrogens (primary N) is 1. The molecule has 8 nitrogen and oxygen atoms in total. The van der Waals surface area contributed by atoms with Crippen LogP contribution in [-0.4, -0.2) is 42.5 Å². The first-order valence-electron chi connectivity index (χ1n) is 9.63. The molecule has 0 saturated heterocycles. The largest absolute Gasteiger partial charge is 0.469 e. The van der Waals surface area contributed by atoms with Gasteiger partial charge >= 0.3 is 5.97 Å². The first kappa shape index (κ1) is 27.2. The Balaban J connectivity index is 0.00000512. The van der Waals surface area contributed by atoms with Gasteiger partial charge in [-0.1, -0.05) is 30.3 Å². The average molecular weight is 480 g/mol. The lowest BCUT2D eigenvalue weighted by atomic mass is 10.0. The maximum atomic E-state index is 13.1. The van der Waals surface area contributed by atoms with Crippen molar-refractivity contribution in [2.24, 2.45) is 5.73 Å². The molecule has 0 aliphatic heterocycles. The van der Waals surface area contributed by atoms with Crippen molar-refractivity contribution in [1.29, 1.82) is 0 Å². The average Bonchev–Trinajstić information content (AvgIpc) is 2.79. The van der Waals surface area contributed by atoms with Crippen LogP contribution in [0.2, 0.25) is 0 Å². The van der Waals surface area contributed by atoms with Crippen LogP contribution in [0.3, 0.4) is 0 Å². The fraction of sp³-hybridized carbons (Fsp3) is 0.273. The smallest absolute Gasteiger partial charge is 0.305 e. The molecule has 4 N–H and O–H groups in total. The number of hydrogen-bond donors (Lipinski definition) is 4. The van der Waals surface area contributed by atoms with Crippen LogP contribution in [-0.2, 0) is 19.1 Å². The van der Waals surface area contributed by atoms with Gasteiger partial charge in [-0.25, -0.2) is 0 Å². The summed E-state index contributed by atoms with van der Waals surface area (Å²) in [7, 11) is 1.29. The van der Waals surface area contributed by atoms with Gasteiger partial charge in [0.05, 0.1) is 18.8 Å². The summed E-state index contributed by atoms with van der Waals surface area (Å²) < 4.78 is 4.56. The third-order valence-electron chi connectivity index (χ3n) is 4.39. The number of ketones is 1. The Morgan fingerprint density at radius 3 is 2.34 bits per heavy atom. The van der Waals surface area contributed by atoms with Crippen molar-refractivity contribution in [2.45, 2.75) is 25.3 Å². The summed E-state index contributed by atoms with van der Waals surface area (Å²) in [5.41, 5.74) is 6.99. The van der Waals surface area contributed by atoms with Gasteiger partial charge in [0.15, 0.2) is 5.78 Å². The number of carbonyl (C=O) groups excluding carboxylic acids is 4. The first-order chi connectivity index (χ1) is 14.8. The van der Waals surface area contributed by atoms with Crippen molar-refractivity contribution < 1.29 is 23.9 Å². The normalized spacial score (nSPS) is 11.0. The highest BCUT2D eigenvalue weighted by Gasteiger charge is 2.18. The molecule has 2 aromatic rings. The molecule has 32 heavy (non-hydrogen) atoms. The van der Waals surface area contributed by atoms with Crippen molar-refractivity contribution >= 4 is 60.0 Å². The van der Waals surface area contributed by atoms with E-state index in [0.29, 0.717) is 23.4 Å². The highest BCUT2D eigenvalue weighted by Crippen LogP contribution is 2.24. The zero-order chi connectivity index (χ0) is 22.8. The summed E-state index contributed by atoms with van der Waals surface area (Å²) >= 11 is 4.01. The number of esters is 1. The second kappa shape index (κ2) is 13.5. The molecule has 172 valence electrons. The number of anilines is 2. The highest BCUT2D eigenvalue weighted by atomic mass is 35.5. The van der Waals surface area contributed by atoms with E-state index in [2.05, 4.69) is 28.0 Å². The number of methoxy groups -OCH3 is 1. The van der Waals surface area contributed by atoms with Gasteiger partial charge in [-0.2, -0.15) is 12.6 Å². The molecule has 0 aliphatic carbocycles. The Kier molecular flexibility index (Phi) is 11.5. The Labute approximate surface area is 198 Å². The lowest BCUT2D eigenvalue weighted by Gasteiger charge is -2.14. The molecule has 2 rings (SSSR count). The van der Waals surface area contributed by atoms with Gasteiger partial charge in [0.1, 0.15) is 0 Å². The molecule has 2 aromatic carbocycles. The van der Waals surface area contributed by atoms with Crippen molar-refractivity contribution in [3.8, 4) is 0 Å². The summed E-state index contributed by atoms with van der Waals surface area (Å²) in [6.07, 6.45) is 0.523. The molecule has 0 spiro atoms. The minimum atomic E-state index is -0.800. The quantitative estimate of drug-likeness (QED) is 0.236. The number of ether oxygens (including phenoxy) is 1. The van der Waals surface area contributed by atoms with Crippen molar-refractivity contribution in [2.75, 3.05) is 23.5 Å². The molecular weight excluding hydrogens is 454 g/mol. The predicted octanol–water partition coefficient (Wildman–Crippen LogP) is 2.82. The van der Waals surface area contributed by atoms with E-state index in [9.17, 15) is 19.2 Å². The molecule has 0 heterocycles. The molecule has 0 saturated carbocycles. The topological polar surface area (TPSA) is 128 Å². The SMILES string of the molecule is COC(=O)CCCC(=O)Nc1ccc(NC(=O)[C@@H](N)CS)cc1C(=O)c1ccccc1.Cl. The third kappa shape index (κ3) is 7.99. The van der Waals surface area contributed by atoms with E-state index in [-0.39, 0.29) is 48.3 Å². The predicted molar refractivity (Wildman–Crippen MR) is 129 cm³/mol. The Hall–Kier alpha value is -2.88. The second-order valence-corrected chi connectivity index (χ2v) is 7.08. The third-order valence-corrected chi connectivity index (χ3v) is 4.78. The number of hydrogen-bond acceptors (Lipinski definition) is 7. The minimum Gasteiger partial charge on any atom is -0.469 e. The van der Waals surface area contributed by atoms with Crippen molar-refractivity contribution in [3.05, 3.63) is 59.7 Å². The molecule has 0 radical (unpaired) electrons. The summed E-state index contributed by atoms with van der Waals surface area (Å²) in [6, 6.07) is 12.4. The van der Waals surface area contributed by atoms with Gasteiger partial charge in [-0.15, -0.1) is 12.4 Å². The molecule has 0 unspecified atom stereocenters. The summed E-state index contributed by atoms with van der Waals surface area (Å²) in [5, 5.41) is 5.35. The Morgan fingerprint density at radius 1 is 1.03 bits per heavy atom. The second-order valence-electron chi connectivity index (χ2n) is 6.71. The van der Waals surface area contributed by atoms with Crippen molar-refractivity contribution in [1.82, 2.24) is 0 Å². The summed E-state index contributed by atoms with van der Waals surface area (Å²) in [6.45, 7) is 0. The number of rotatable bonds is 10. The number of amides is 2. The van der Waals surface area contributed by atoms with E-state index in [4.69, 9.17) is 5.73 Å². The fourth-order valence-electron chi connectivity index (χ4n) is 2.69. The molecule has 0 bridgehead atoms. The lowest BCUT2D eigenvalue weighted by molar-refractivity contribution is -0.140. The van der Waals surface area contributed by atoms with E-state index in [1.54, 1.807) is 36.4 Å². The van der Waals surface area contributed by atoms with Gasteiger partial charge in [0.25, 0.3) is 0 Å². The number of halogens is 1. The molecular formula is C22H26ClN3O5S. The van der Waals surface area contributed by atoms with Crippen molar-refractivity contribution in [3.63, 3.8) is 0 Å². The zero-order valence-corrected chi connectivity index (χ0v) is 19.2. The number of carbonyl (C=O) groups is 4. The molecule has 0 aliphatic rings. The lowest BCUT2D eigenvalue weighted by Crippen LogP contribution is -2.37. The fourth-order valence-corrected chi connectivity index (χ4v) is 2.86. The monoisotopic (exact) mass is 479 g/mol. The molecule has 1 atom stereocenters. The van der Waals surface area contributed by atoms with E-state index in [0.717, 1.165) is 0 Å². The Bertz CT molecular complexity index is 956. The van der Waals surface area contributed by atoms with Gasteiger partial charge in [0, 0.05) is 35.4 Å². The number of nitrogens with one attached hydrogen (secondary N) is 2. The molecule has 0 fully saturated rings.